The van der Waals surface area contributed by atoms with Crippen LogP contribution in [-0.4, -0.2) is 5.78 Å². The lowest BCUT2D eigenvalue weighted by atomic mass is 9.50. The van der Waals surface area contributed by atoms with E-state index >= 15 is 0 Å². The molecule has 5 aliphatic carbocycles. The third kappa shape index (κ3) is 1.26. The number of hydrogen-bond donors (Lipinski definition) is 0. The summed E-state index contributed by atoms with van der Waals surface area (Å²) in [5, 5.41) is 0. The highest BCUT2D eigenvalue weighted by atomic mass is 16.1. The van der Waals surface area contributed by atoms with E-state index in [0.717, 1.165) is 23.7 Å². The zero-order chi connectivity index (χ0) is 10.7. The number of carbonyl (C=O) groups excluding carboxylic acids is 1. The normalized spacial score (nSPS) is 50.4. The molecule has 1 heteroatoms. The second-order valence-corrected chi connectivity index (χ2v) is 6.99. The van der Waals surface area contributed by atoms with E-state index in [1.54, 1.807) is 0 Å². The summed E-state index contributed by atoms with van der Waals surface area (Å²) in [4.78, 5) is 12.5. The Morgan fingerprint density at radius 1 is 0.812 bits per heavy atom. The Balaban J connectivity index is 1.57. The minimum atomic E-state index is 0.488. The number of Topliss-reactive ketones (excluding diaryl/α,β-unsaturated/α-hetero) is 1. The Hall–Kier alpha value is -0.330. The first-order valence-corrected chi connectivity index (χ1v) is 7.35. The van der Waals surface area contributed by atoms with Crippen LogP contribution < -0.4 is 0 Å². The van der Waals surface area contributed by atoms with Crippen LogP contribution in [0.3, 0.4) is 0 Å². The zero-order valence-electron chi connectivity index (χ0n) is 10.0. The van der Waals surface area contributed by atoms with Gasteiger partial charge in [-0.25, -0.2) is 0 Å². The molecule has 88 valence electrons. The molecule has 5 aliphatic rings. The lowest BCUT2D eigenvalue weighted by molar-refractivity contribution is -0.142. The number of hydrogen-bond acceptors (Lipinski definition) is 1. The minimum Gasteiger partial charge on any atom is -0.299 e. The smallest absolute Gasteiger partial charge is 0.139 e. The molecule has 0 radical (unpaired) electrons. The van der Waals surface area contributed by atoms with Gasteiger partial charge in [-0.05, 0) is 68.6 Å². The fourth-order valence-electron chi connectivity index (χ4n) is 5.35. The summed E-state index contributed by atoms with van der Waals surface area (Å²) in [5.74, 6) is 5.33. The van der Waals surface area contributed by atoms with Crippen LogP contribution >= 0.6 is 0 Å². The van der Waals surface area contributed by atoms with Crippen LogP contribution in [0.4, 0.5) is 0 Å². The molecule has 0 saturated heterocycles. The van der Waals surface area contributed by atoms with E-state index < -0.39 is 0 Å². The van der Waals surface area contributed by atoms with Gasteiger partial charge in [-0.15, -0.1) is 0 Å². The SMILES string of the molecule is O=C(C1CCC1)C1C2CC3CC(C2)CC1C3. The highest BCUT2D eigenvalue weighted by molar-refractivity contribution is 5.85. The molecule has 0 atom stereocenters. The highest BCUT2D eigenvalue weighted by Crippen LogP contribution is 2.57. The Morgan fingerprint density at radius 3 is 1.81 bits per heavy atom. The minimum absolute atomic E-state index is 0.488. The van der Waals surface area contributed by atoms with Crippen LogP contribution in [0.5, 0.6) is 0 Å². The van der Waals surface area contributed by atoms with Gasteiger partial charge in [0.15, 0.2) is 0 Å². The molecule has 1 nitrogen and oxygen atoms in total. The molecule has 0 aliphatic heterocycles. The average molecular weight is 218 g/mol. The van der Waals surface area contributed by atoms with Gasteiger partial charge in [0.1, 0.15) is 5.78 Å². The first-order valence-electron chi connectivity index (χ1n) is 7.35. The number of ketones is 1. The van der Waals surface area contributed by atoms with E-state index in [9.17, 15) is 4.79 Å². The molecule has 0 aromatic rings. The van der Waals surface area contributed by atoms with Crippen LogP contribution in [-0.2, 0) is 4.79 Å². The predicted octanol–water partition coefficient (Wildman–Crippen LogP) is 3.43. The van der Waals surface area contributed by atoms with Crippen molar-refractivity contribution in [3.8, 4) is 0 Å². The van der Waals surface area contributed by atoms with E-state index in [2.05, 4.69) is 0 Å². The van der Waals surface area contributed by atoms with Crippen molar-refractivity contribution in [2.45, 2.75) is 51.4 Å². The first kappa shape index (κ1) is 9.67. The molecule has 0 heterocycles. The van der Waals surface area contributed by atoms with Crippen molar-refractivity contribution >= 4 is 5.78 Å². The van der Waals surface area contributed by atoms with Gasteiger partial charge in [-0.3, -0.25) is 4.79 Å². The van der Waals surface area contributed by atoms with Gasteiger partial charge in [0, 0.05) is 11.8 Å². The molecule has 4 bridgehead atoms. The van der Waals surface area contributed by atoms with Gasteiger partial charge in [-0.1, -0.05) is 6.42 Å². The average Bonchev–Trinajstić information content (AvgIpc) is 2.12. The molecule has 0 unspecified atom stereocenters. The van der Waals surface area contributed by atoms with Crippen LogP contribution in [0.15, 0.2) is 0 Å². The molecule has 5 fully saturated rings. The van der Waals surface area contributed by atoms with Crippen LogP contribution in [0, 0.1) is 35.5 Å². The van der Waals surface area contributed by atoms with E-state index in [1.165, 1.54) is 51.4 Å². The summed E-state index contributed by atoms with van der Waals surface area (Å²) in [6.07, 6.45) is 10.8. The Morgan fingerprint density at radius 2 is 1.38 bits per heavy atom. The van der Waals surface area contributed by atoms with Crippen LogP contribution in [0.1, 0.15) is 51.4 Å². The third-order valence-corrected chi connectivity index (χ3v) is 6.06. The first-order chi connectivity index (χ1) is 7.81. The van der Waals surface area contributed by atoms with Crippen molar-refractivity contribution in [1.29, 1.82) is 0 Å². The lowest BCUT2D eigenvalue weighted by Gasteiger charge is -2.54. The molecular weight excluding hydrogens is 196 g/mol. The molecular formula is C15H22O. The monoisotopic (exact) mass is 218 g/mol. The van der Waals surface area contributed by atoms with Gasteiger partial charge in [-0.2, -0.15) is 0 Å². The third-order valence-electron chi connectivity index (χ3n) is 6.06. The number of carbonyl (C=O) groups is 1. The summed E-state index contributed by atoms with van der Waals surface area (Å²) in [6.45, 7) is 0. The fraction of sp³-hybridized carbons (Fsp3) is 0.933. The maximum absolute atomic E-state index is 12.5. The summed E-state index contributed by atoms with van der Waals surface area (Å²) in [5.41, 5.74) is 0. The van der Waals surface area contributed by atoms with Gasteiger partial charge in [0.05, 0.1) is 0 Å². The second kappa shape index (κ2) is 3.34. The van der Waals surface area contributed by atoms with E-state index in [-0.39, 0.29) is 0 Å². The summed E-state index contributed by atoms with van der Waals surface area (Å²) >= 11 is 0. The zero-order valence-corrected chi connectivity index (χ0v) is 10.0. The molecule has 0 aromatic carbocycles. The Bertz CT molecular complexity index is 287. The molecule has 0 aromatic heterocycles. The lowest BCUT2D eigenvalue weighted by Crippen LogP contribution is -2.49. The maximum atomic E-state index is 12.5. The maximum Gasteiger partial charge on any atom is 0.139 e. The topological polar surface area (TPSA) is 17.1 Å². The van der Waals surface area contributed by atoms with Crippen molar-refractivity contribution in [2.75, 3.05) is 0 Å². The summed E-state index contributed by atoms with van der Waals surface area (Å²) in [7, 11) is 0. The highest BCUT2D eigenvalue weighted by Gasteiger charge is 2.51. The van der Waals surface area contributed by atoms with E-state index in [0.29, 0.717) is 17.6 Å². The molecule has 0 N–H and O–H groups in total. The van der Waals surface area contributed by atoms with Crippen LogP contribution in [0.2, 0.25) is 0 Å². The Kier molecular flexibility index (Phi) is 2.02. The second-order valence-electron chi connectivity index (χ2n) is 6.99. The molecule has 5 saturated carbocycles. The number of rotatable bonds is 2. The van der Waals surface area contributed by atoms with Gasteiger partial charge >= 0.3 is 0 Å². The molecule has 5 rings (SSSR count). The van der Waals surface area contributed by atoms with Crippen molar-refractivity contribution in [3.63, 3.8) is 0 Å². The van der Waals surface area contributed by atoms with Crippen LogP contribution in [0.25, 0.3) is 0 Å². The van der Waals surface area contributed by atoms with Gasteiger partial charge < -0.3 is 0 Å². The van der Waals surface area contributed by atoms with Crippen molar-refractivity contribution in [3.05, 3.63) is 0 Å². The summed E-state index contributed by atoms with van der Waals surface area (Å²) < 4.78 is 0. The molecule has 16 heavy (non-hydrogen) atoms. The summed E-state index contributed by atoms with van der Waals surface area (Å²) in [6, 6.07) is 0. The molecule has 0 spiro atoms. The largest absolute Gasteiger partial charge is 0.299 e. The van der Waals surface area contributed by atoms with Gasteiger partial charge in [0.25, 0.3) is 0 Å². The van der Waals surface area contributed by atoms with E-state index in [1.807, 2.05) is 0 Å². The fourth-order valence-corrected chi connectivity index (χ4v) is 5.35. The molecule has 0 amide bonds. The Labute approximate surface area is 98.0 Å². The predicted molar refractivity (Wildman–Crippen MR) is 62.9 cm³/mol. The van der Waals surface area contributed by atoms with Gasteiger partial charge in [0.2, 0.25) is 0 Å². The van der Waals surface area contributed by atoms with E-state index in [4.69, 9.17) is 0 Å². The van der Waals surface area contributed by atoms with Crippen molar-refractivity contribution in [1.82, 2.24) is 0 Å². The standard InChI is InChI=1S/C15H22O/c16-15(11-2-1-3-11)14-12-5-9-4-10(7-12)8-13(14)6-9/h9-14H,1-8H2. The quantitative estimate of drug-likeness (QED) is 0.694. The van der Waals surface area contributed by atoms with Crippen molar-refractivity contribution < 1.29 is 4.79 Å². The van der Waals surface area contributed by atoms with Crippen molar-refractivity contribution in [2.24, 2.45) is 35.5 Å².